The van der Waals surface area contributed by atoms with Crippen LogP contribution in [0.25, 0.3) is 0 Å². The monoisotopic (exact) mass is 281 g/mol. The molecule has 7 nitrogen and oxygen atoms in total. The molecule has 0 saturated heterocycles. The average Bonchev–Trinajstić information content (AvgIpc) is 2.90. The molecule has 1 amide bonds. The molecule has 1 atom stereocenters. The molecule has 0 aliphatic rings. The smallest absolute Gasteiger partial charge is 0.251 e. The molecule has 2 heterocycles. The van der Waals surface area contributed by atoms with E-state index in [0.29, 0.717) is 0 Å². The van der Waals surface area contributed by atoms with Gasteiger partial charge in [-0.15, -0.1) is 0 Å². The van der Waals surface area contributed by atoms with E-state index in [4.69, 9.17) is 16.3 Å². The molecule has 2 rings (SSSR count). The largest absolute Gasteiger partial charge is 0.481 e. The van der Waals surface area contributed by atoms with Crippen molar-refractivity contribution in [2.45, 2.75) is 13.0 Å². The molecule has 0 aromatic carbocycles. The first-order chi connectivity index (χ1) is 9.10. The van der Waals surface area contributed by atoms with Crippen molar-refractivity contribution in [3.63, 3.8) is 0 Å². The highest BCUT2D eigenvalue weighted by Gasteiger charge is 2.16. The third-order valence-electron chi connectivity index (χ3n) is 2.42. The molecule has 100 valence electrons. The maximum Gasteiger partial charge on any atom is 0.251 e. The lowest BCUT2D eigenvalue weighted by atomic mass is 10.3. The molecular formula is C11H12ClN5O2. The number of carbonyl (C=O) groups excluding carboxylic acids is 1. The van der Waals surface area contributed by atoms with Gasteiger partial charge in [-0.3, -0.25) is 14.8 Å². The zero-order valence-electron chi connectivity index (χ0n) is 10.4. The fourth-order valence-corrected chi connectivity index (χ4v) is 1.58. The number of rotatable bonds is 4. The van der Waals surface area contributed by atoms with E-state index in [1.54, 1.807) is 25.4 Å². The van der Waals surface area contributed by atoms with Gasteiger partial charge in [-0.25, -0.2) is 4.98 Å². The number of ether oxygens (including phenoxy) is 1. The molecule has 0 aliphatic carbocycles. The van der Waals surface area contributed by atoms with E-state index in [9.17, 15) is 4.79 Å². The average molecular weight is 282 g/mol. The highest BCUT2D eigenvalue weighted by molar-refractivity contribution is 6.29. The number of amides is 1. The number of hydrogen-bond acceptors (Lipinski definition) is 5. The van der Waals surface area contributed by atoms with Crippen molar-refractivity contribution in [2.75, 3.05) is 12.4 Å². The number of carbonyl (C=O) groups is 1. The summed E-state index contributed by atoms with van der Waals surface area (Å²) in [7, 11) is 1.45. The van der Waals surface area contributed by atoms with Crippen LogP contribution in [0.5, 0.6) is 5.88 Å². The van der Waals surface area contributed by atoms with E-state index in [-0.39, 0.29) is 22.9 Å². The van der Waals surface area contributed by atoms with Crippen molar-refractivity contribution >= 4 is 23.5 Å². The summed E-state index contributed by atoms with van der Waals surface area (Å²) in [6.07, 6.45) is 3.30. The normalized spacial score (nSPS) is 11.9. The zero-order chi connectivity index (χ0) is 13.8. The number of methoxy groups -OCH3 is 1. The standard InChI is InChI=1S/C11H12ClN5O2/c1-7(17-5-3-4-13-17)10(18)16-11-14-8(12)6-9(15-11)19-2/h3-7H,1-2H3,(H,14,15,16,18). The Morgan fingerprint density at radius 3 is 2.95 bits per heavy atom. The molecule has 2 aromatic rings. The van der Waals surface area contributed by atoms with Gasteiger partial charge in [0.2, 0.25) is 11.8 Å². The highest BCUT2D eigenvalue weighted by Crippen LogP contribution is 2.16. The van der Waals surface area contributed by atoms with Crippen LogP contribution in [0.1, 0.15) is 13.0 Å². The maximum absolute atomic E-state index is 12.0. The van der Waals surface area contributed by atoms with Gasteiger partial charge in [0.15, 0.2) is 0 Å². The minimum Gasteiger partial charge on any atom is -0.481 e. The van der Waals surface area contributed by atoms with Crippen molar-refractivity contribution in [2.24, 2.45) is 0 Å². The van der Waals surface area contributed by atoms with E-state index < -0.39 is 6.04 Å². The summed E-state index contributed by atoms with van der Waals surface area (Å²) in [5.41, 5.74) is 0. The Morgan fingerprint density at radius 1 is 1.53 bits per heavy atom. The Balaban J connectivity index is 2.12. The maximum atomic E-state index is 12.0. The van der Waals surface area contributed by atoms with Crippen molar-refractivity contribution in [3.8, 4) is 5.88 Å². The van der Waals surface area contributed by atoms with Crippen molar-refractivity contribution in [1.29, 1.82) is 0 Å². The Bertz CT molecular complexity index is 572. The van der Waals surface area contributed by atoms with E-state index in [1.807, 2.05) is 0 Å². The summed E-state index contributed by atoms with van der Waals surface area (Å²) in [5, 5.41) is 6.74. The van der Waals surface area contributed by atoms with Crippen LogP contribution in [0.2, 0.25) is 5.15 Å². The molecule has 8 heteroatoms. The topological polar surface area (TPSA) is 81.9 Å². The number of anilines is 1. The number of hydrogen-bond donors (Lipinski definition) is 1. The van der Waals surface area contributed by atoms with E-state index >= 15 is 0 Å². The third kappa shape index (κ3) is 3.19. The molecule has 1 N–H and O–H groups in total. The first-order valence-corrected chi connectivity index (χ1v) is 5.86. The number of halogens is 1. The van der Waals surface area contributed by atoms with Crippen LogP contribution in [-0.4, -0.2) is 32.8 Å². The lowest BCUT2D eigenvalue weighted by Crippen LogP contribution is -2.25. The van der Waals surface area contributed by atoms with Gasteiger partial charge in [-0.05, 0) is 13.0 Å². The lowest BCUT2D eigenvalue weighted by molar-refractivity contribution is -0.119. The fourth-order valence-electron chi connectivity index (χ4n) is 1.40. The summed E-state index contributed by atoms with van der Waals surface area (Å²) < 4.78 is 6.47. The third-order valence-corrected chi connectivity index (χ3v) is 2.61. The molecule has 0 aliphatic heterocycles. The quantitative estimate of drug-likeness (QED) is 0.860. The van der Waals surface area contributed by atoms with Crippen LogP contribution < -0.4 is 10.1 Å². The van der Waals surface area contributed by atoms with Gasteiger partial charge in [0.1, 0.15) is 11.2 Å². The summed E-state index contributed by atoms with van der Waals surface area (Å²) in [6.45, 7) is 1.71. The Labute approximate surface area is 114 Å². The molecule has 2 aromatic heterocycles. The molecule has 0 saturated carbocycles. The van der Waals surface area contributed by atoms with E-state index in [0.717, 1.165) is 0 Å². The second kappa shape index (κ2) is 5.66. The van der Waals surface area contributed by atoms with Gasteiger partial charge in [0.25, 0.3) is 5.91 Å². The van der Waals surface area contributed by atoms with Gasteiger partial charge < -0.3 is 4.74 Å². The SMILES string of the molecule is COc1cc(Cl)nc(NC(=O)C(C)n2cccn2)n1. The molecule has 0 bridgehead atoms. The van der Waals surface area contributed by atoms with Gasteiger partial charge in [-0.1, -0.05) is 11.6 Å². The van der Waals surface area contributed by atoms with Crippen LogP contribution in [-0.2, 0) is 4.79 Å². The molecule has 0 radical (unpaired) electrons. The highest BCUT2D eigenvalue weighted by atomic mass is 35.5. The first-order valence-electron chi connectivity index (χ1n) is 5.48. The second-order valence-corrected chi connectivity index (χ2v) is 4.10. The molecule has 0 fully saturated rings. The summed E-state index contributed by atoms with van der Waals surface area (Å²) in [5.74, 6) is 0.0726. The Morgan fingerprint density at radius 2 is 2.32 bits per heavy atom. The lowest BCUT2D eigenvalue weighted by Gasteiger charge is -2.12. The summed E-state index contributed by atoms with van der Waals surface area (Å²) >= 11 is 5.79. The molecular weight excluding hydrogens is 270 g/mol. The molecule has 19 heavy (non-hydrogen) atoms. The Kier molecular flexibility index (Phi) is 3.96. The van der Waals surface area contributed by atoms with Gasteiger partial charge >= 0.3 is 0 Å². The minimum absolute atomic E-state index is 0.0911. The number of nitrogens with one attached hydrogen (secondary N) is 1. The van der Waals surface area contributed by atoms with Crippen molar-refractivity contribution < 1.29 is 9.53 Å². The van der Waals surface area contributed by atoms with Crippen molar-refractivity contribution in [3.05, 3.63) is 29.7 Å². The zero-order valence-corrected chi connectivity index (χ0v) is 11.1. The summed E-state index contributed by atoms with van der Waals surface area (Å²) in [4.78, 5) is 19.9. The molecule has 0 spiro atoms. The first kappa shape index (κ1) is 13.3. The van der Waals surface area contributed by atoms with Crippen LogP contribution in [0.3, 0.4) is 0 Å². The van der Waals surface area contributed by atoms with E-state index in [2.05, 4.69) is 20.4 Å². The number of aromatic nitrogens is 4. The van der Waals surface area contributed by atoms with Crippen LogP contribution in [0.15, 0.2) is 24.5 Å². The predicted octanol–water partition coefficient (Wildman–Crippen LogP) is 1.53. The number of nitrogens with zero attached hydrogens (tertiary/aromatic N) is 4. The fraction of sp³-hybridized carbons (Fsp3) is 0.273. The Hall–Kier alpha value is -2.15. The van der Waals surface area contributed by atoms with Gasteiger partial charge in [-0.2, -0.15) is 10.1 Å². The van der Waals surface area contributed by atoms with Gasteiger partial charge in [0, 0.05) is 18.5 Å². The predicted molar refractivity (Wildman–Crippen MR) is 69.2 cm³/mol. The van der Waals surface area contributed by atoms with Crippen LogP contribution in [0.4, 0.5) is 5.95 Å². The van der Waals surface area contributed by atoms with Crippen LogP contribution >= 0.6 is 11.6 Å². The second-order valence-electron chi connectivity index (χ2n) is 3.71. The molecule has 1 unspecified atom stereocenters. The van der Waals surface area contributed by atoms with Gasteiger partial charge in [0.05, 0.1) is 7.11 Å². The minimum atomic E-state index is -0.483. The summed E-state index contributed by atoms with van der Waals surface area (Å²) in [6, 6.07) is 2.71. The van der Waals surface area contributed by atoms with Crippen LogP contribution in [0, 0.1) is 0 Å². The van der Waals surface area contributed by atoms with E-state index in [1.165, 1.54) is 17.9 Å². The van der Waals surface area contributed by atoms with Crippen molar-refractivity contribution in [1.82, 2.24) is 19.7 Å².